The highest BCUT2D eigenvalue weighted by Crippen LogP contribution is 2.28. The van der Waals surface area contributed by atoms with Gasteiger partial charge in [-0.3, -0.25) is 0 Å². The average Bonchev–Trinajstić information content (AvgIpc) is 3.07. The van der Waals surface area contributed by atoms with Gasteiger partial charge in [0.1, 0.15) is 17.6 Å². The molecule has 1 aliphatic heterocycles. The lowest BCUT2D eigenvalue weighted by atomic mass is 10.1. The van der Waals surface area contributed by atoms with Crippen molar-refractivity contribution in [2.24, 2.45) is 0 Å². The fraction of sp³-hybridized carbons (Fsp3) is 0.280. The van der Waals surface area contributed by atoms with E-state index in [0.717, 1.165) is 42.4 Å². The summed E-state index contributed by atoms with van der Waals surface area (Å²) in [5.74, 6) is 0.0950. The molecule has 0 radical (unpaired) electrons. The van der Waals surface area contributed by atoms with Gasteiger partial charge in [-0.15, -0.1) is 0 Å². The molecular formula is C25H25F2N5O. The van der Waals surface area contributed by atoms with E-state index in [-0.39, 0.29) is 0 Å². The van der Waals surface area contributed by atoms with E-state index < -0.39 is 11.6 Å². The molecule has 0 saturated carbocycles. The molecule has 3 aromatic rings. The second kappa shape index (κ2) is 9.74. The molecule has 1 fully saturated rings. The molecule has 170 valence electrons. The topological polar surface area (TPSA) is 64.4 Å². The molecule has 0 unspecified atom stereocenters. The molecule has 0 amide bonds. The number of nitrogens with one attached hydrogen (secondary N) is 1. The van der Waals surface area contributed by atoms with Crippen LogP contribution in [0.25, 0.3) is 10.9 Å². The minimum atomic E-state index is -0.956. The van der Waals surface area contributed by atoms with Gasteiger partial charge in [0.2, 0.25) is 0 Å². The maximum Gasteiger partial charge on any atom is 0.161 e. The molecule has 6 nitrogen and oxygen atoms in total. The number of aromatic nitrogens is 1. The zero-order chi connectivity index (χ0) is 23.4. The highest BCUT2D eigenvalue weighted by molar-refractivity contribution is 5.83. The Kier molecular flexibility index (Phi) is 6.59. The summed E-state index contributed by atoms with van der Waals surface area (Å²) < 4.78 is 33.0. The molecule has 0 spiro atoms. The number of nitriles is 1. The molecule has 4 rings (SSSR count). The van der Waals surface area contributed by atoms with Crippen molar-refractivity contribution in [2.45, 2.75) is 13.3 Å². The SMILES string of the molecule is C=C(Nc1ccccc1OCC)N1CCCN(c2nc3cc(F)c(F)cc3cc2C#N)CC1. The molecule has 0 bridgehead atoms. The van der Waals surface area contributed by atoms with E-state index in [1.165, 1.54) is 0 Å². The number of rotatable bonds is 6. The van der Waals surface area contributed by atoms with E-state index in [9.17, 15) is 14.0 Å². The molecule has 1 aliphatic rings. The number of benzene rings is 2. The Morgan fingerprint density at radius 2 is 1.94 bits per heavy atom. The van der Waals surface area contributed by atoms with Crippen LogP contribution in [0, 0.1) is 23.0 Å². The molecule has 0 aliphatic carbocycles. The van der Waals surface area contributed by atoms with Gasteiger partial charge in [0, 0.05) is 37.6 Å². The molecule has 8 heteroatoms. The van der Waals surface area contributed by atoms with Crippen LogP contribution in [-0.2, 0) is 0 Å². The Balaban J connectivity index is 1.51. The van der Waals surface area contributed by atoms with E-state index in [1.807, 2.05) is 36.1 Å². The second-order valence-electron chi connectivity index (χ2n) is 7.76. The number of pyridine rings is 1. The molecule has 1 N–H and O–H groups in total. The molecule has 33 heavy (non-hydrogen) atoms. The first-order valence-corrected chi connectivity index (χ1v) is 10.9. The van der Waals surface area contributed by atoms with Gasteiger partial charge < -0.3 is 19.9 Å². The van der Waals surface area contributed by atoms with Crippen molar-refractivity contribution in [3.8, 4) is 11.8 Å². The van der Waals surface area contributed by atoms with Gasteiger partial charge in [-0.05, 0) is 37.6 Å². The van der Waals surface area contributed by atoms with Crippen molar-refractivity contribution in [1.29, 1.82) is 5.26 Å². The van der Waals surface area contributed by atoms with Crippen molar-refractivity contribution >= 4 is 22.4 Å². The summed E-state index contributed by atoms with van der Waals surface area (Å²) in [6, 6.07) is 13.6. The fourth-order valence-corrected chi connectivity index (χ4v) is 3.97. The van der Waals surface area contributed by atoms with E-state index in [4.69, 9.17) is 4.74 Å². The summed E-state index contributed by atoms with van der Waals surface area (Å²) >= 11 is 0. The zero-order valence-electron chi connectivity index (χ0n) is 18.4. The third-order valence-corrected chi connectivity index (χ3v) is 5.60. The summed E-state index contributed by atoms with van der Waals surface area (Å²) in [5.41, 5.74) is 1.51. The first kappa shape index (κ1) is 22.3. The van der Waals surface area contributed by atoms with E-state index >= 15 is 0 Å². The van der Waals surface area contributed by atoms with Crippen LogP contribution in [0.3, 0.4) is 0 Å². The maximum atomic E-state index is 13.7. The van der Waals surface area contributed by atoms with Crippen LogP contribution in [-0.4, -0.2) is 42.7 Å². The first-order chi connectivity index (χ1) is 16.0. The zero-order valence-corrected chi connectivity index (χ0v) is 18.4. The van der Waals surface area contributed by atoms with Crippen molar-refractivity contribution in [3.63, 3.8) is 0 Å². The highest BCUT2D eigenvalue weighted by atomic mass is 19.2. The number of para-hydroxylation sites is 2. The van der Waals surface area contributed by atoms with Crippen LogP contribution in [0.1, 0.15) is 18.9 Å². The van der Waals surface area contributed by atoms with Crippen LogP contribution >= 0.6 is 0 Å². The number of halogens is 2. The lowest BCUT2D eigenvalue weighted by molar-refractivity contribution is 0.340. The number of hydrogen-bond acceptors (Lipinski definition) is 6. The van der Waals surface area contributed by atoms with Crippen molar-refractivity contribution < 1.29 is 13.5 Å². The van der Waals surface area contributed by atoms with Gasteiger partial charge in [0.15, 0.2) is 11.6 Å². The second-order valence-corrected chi connectivity index (χ2v) is 7.76. The van der Waals surface area contributed by atoms with Gasteiger partial charge in [0.05, 0.1) is 29.2 Å². The highest BCUT2D eigenvalue weighted by Gasteiger charge is 2.21. The average molecular weight is 450 g/mol. The Hall–Kier alpha value is -3.86. The number of ether oxygens (including phenoxy) is 1. The lowest BCUT2D eigenvalue weighted by Crippen LogP contribution is -2.32. The van der Waals surface area contributed by atoms with Gasteiger partial charge in [-0.2, -0.15) is 5.26 Å². The Labute approximate surface area is 191 Å². The molecule has 0 atom stereocenters. The standard InChI is InChI=1S/C25H25F2N5O/c1-3-33-24-8-5-4-7-22(24)29-17(2)31-9-6-10-32(12-11-31)25-19(16-28)13-18-14-20(26)21(27)15-23(18)30-25/h4-5,7-8,13-15,29H,2-3,6,9-12H2,1H3. The number of hydrogen-bond donors (Lipinski definition) is 1. The molecular weight excluding hydrogens is 424 g/mol. The quantitative estimate of drug-likeness (QED) is 0.579. The summed E-state index contributed by atoms with van der Waals surface area (Å²) in [6.45, 7) is 9.42. The van der Waals surface area contributed by atoms with Crippen LogP contribution in [0.15, 0.2) is 54.9 Å². The van der Waals surface area contributed by atoms with Crippen LogP contribution in [0.2, 0.25) is 0 Å². The number of fused-ring (bicyclic) bond motifs is 1. The summed E-state index contributed by atoms with van der Waals surface area (Å²) in [7, 11) is 0. The summed E-state index contributed by atoms with van der Waals surface area (Å²) in [4.78, 5) is 8.66. The van der Waals surface area contributed by atoms with Crippen molar-refractivity contribution in [2.75, 3.05) is 43.0 Å². The molecule has 2 heterocycles. The van der Waals surface area contributed by atoms with Gasteiger partial charge in [-0.25, -0.2) is 13.8 Å². The Morgan fingerprint density at radius 3 is 2.73 bits per heavy atom. The normalized spacial score (nSPS) is 14.0. The van der Waals surface area contributed by atoms with Crippen molar-refractivity contribution in [1.82, 2.24) is 9.88 Å². The van der Waals surface area contributed by atoms with Crippen LogP contribution in [0.5, 0.6) is 5.75 Å². The Bertz CT molecular complexity index is 1220. The minimum absolute atomic E-state index is 0.322. The van der Waals surface area contributed by atoms with Crippen LogP contribution < -0.4 is 15.0 Å². The van der Waals surface area contributed by atoms with E-state index in [0.29, 0.717) is 48.5 Å². The van der Waals surface area contributed by atoms with Gasteiger partial charge in [-0.1, -0.05) is 18.7 Å². The van der Waals surface area contributed by atoms with Crippen molar-refractivity contribution in [3.05, 3.63) is 72.1 Å². The number of nitrogens with zero attached hydrogens (tertiary/aromatic N) is 4. The molecule has 2 aromatic carbocycles. The lowest BCUT2D eigenvalue weighted by Gasteiger charge is -2.27. The van der Waals surface area contributed by atoms with E-state index in [2.05, 4.69) is 27.8 Å². The Morgan fingerprint density at radius 1 is 1.15 bits per heavy atom. The summed E-state index contributed by atoms with van der Waals surface area (Å²) in [5, 5.41) is 13.4. The smallest absolute Gasteiger partial charge is 0.161 e. The minimum Gasteiger partial charge on any atom is -0.492 e. The largest absolute Gasteiger partial charge is 0.492 e. The molecule has 1 aromatic heterocycles. The number of anilines is 2. The van der Waals surface area contributed by atoms with Gasteiger partial charge in [0.25, 0.3) is 0 Å². The predicted molar refractivity (Wildman–Crippen MR) is 125 cm³/mol. The first-order valence-electron chi connectivity index (χ1n) is 10.9. The molecule has 1 saturated heterocycles. The summed E-state index contributed by atoms with van der Waals surface area (Å²) in [6.07, 6.45) is 0.816. The monoisotopic (exact) mass is 449 g/mol. The van der Waals surface area contributed by atoms with Crippen LogP contribution in [0.4, 0.5) is 20.3 Å². The third kappa shape index (κ3) is 4.82. The fourth-order valence-electron chi connectivity index (χ4n) is 3.97. The van der Waals surface area contributed by atoms with E-state index in [1.54, 1.807) is 6.07 Å². The predicted octanol–water partition coefficient (Wildman–Crippen LogP) is 4.88. The van der Waals surface area contributed by atoms with Gasteiger partial charge >= 0.3 is 0 Å². The maximum absolute atomic E-state index is 13.7. The third-order valence-electron chi connectivity index (χ3n) is 5.60.